The van der Waals surface area contributed by atoms with Crippen LogP contribution in [0, 0.1) is 0 Å². The second-order valence-corrected chi connectivity index (χ2v) is 6.79. The van der Waals surface area contributed by atoms with Crippen molar-refractivity contribution in [3.05, 3.63) is 52.0 Å². The monoisotopic (exact) mass is 413 g/mol. The number of aromatic nitrogens is 5. The number of benzene rings is 1. The summed E-state index contributed by atoms with van der Waals surface area (Å²) in [7, 11) is 0. The lowest BCUT2D eigenvalue weighted by molar-refractivity contribution is -0.144. The van der Waals surface area contributed by atoms with Gasteiger partial charge in [-0.3, -0.25) is 0 Å². The largest absolute Gasteiger partial charge is 0.453 e. The molecule has 0 atom stereocenters. The third kappa shape index (κ3) is 2.93. The third-order valence-corrected chi connectivity index (χ3v) is 4.73. The number of alkyl halides is 3. The van der Waals surface area contributed by atoms with E-state index in [1.165, 1.54) is 0 Å². The van der Waals surface area contributed by atoms with E-state index >= 15 is 0 Å². The summed E-state index contributed by atoms with van der Waals surface area (Å²) in [6.07, 6.45) is -1.90. The van der Waals surface area contributed by atoms with Crippen LogP contribution in [0.1, 0.15) is 24.9 Å². The smallest absolute Gasteiger partial charge is 0.230 e. The van der Waals surface area contributed by atoms with Gasteiger partial charge in [-0.2, -0.15) is 18.3 Å². The highest BCUT2D eigenvalue weighted by molar-refractivity contribution is 6.35. The van der Waals surface area contributed by atoms with Crippen LogP contribution in [0.3, 0.4) is 0 Å². The molecule has 0 radical (unpaired) electrons. The summed E-state index contributed by atoms with van der Waals surface area (Å²) < 4.78 is 42.0. The first-order chi connectivity index (χ1) is 12.8. The van der Waals surface area contributed by atoms with Gasteiger partial charge < -0.3 is 0 Å². The van der Waals surface area contributed by atoms with E-state index in [0.717, 1.165) is 9.90 Å². The van der Waals surface area contributed by atoms with E-state index in [0.29, 0.717) is 34.8 Å². The average molecular weight is 414 g/mol. The maximum Gasteiger partial charge on any atom is 0.453 e. The Hall–Kier alpha value is -2.32. The molecular weight excluding hydrogens is 402 g/mol. The van der Waals surface area contributed by atoms with Crippen LogP contribution in [-0.2, 0) is 12.6 Å². The predicted octanol–water partition coefficient (Wildman–Crippen LogP) is 5.35. The van der Waals surface area contributed by atoms with Gasteiger partial charge in [-0.15, -0.1) is 5.10 Å². The molecular formula is C17H12Cl2F3N5. The van der Waals surface area contributed by atoms with Gasteiger partial charge in [-0.25, -0.2) is 14.2 Å². The highest BCUT2D eigenvalue weighted by atomic mass is 35.5. The summed E-state index contributed by atoms with van der Waals surface area (Å²) in [5, 5.41) is 9.34. The Morgan fingerprint density at radius 2 is 1.93 bits per heavy atom. The summed E-state index contributed by atoms with van der Waals surface area (Å²) in [4.78, 5) is 3.57. The van der Waals surface area contributed by atoms with Crippen molar-refractivity contribution in [1.29, 1.82) is 0 Å². The van der Waals surface area contributed by atoms with Crippen molar-refractivity contribution in [3.8, 4) is 5.69 Å². The molecule has 140 valence electrons. The molecule has 0 amide bonds. The van der Waals surface area contributed by atoms with Gasteiger partial charge in [0.15, 0.2) is 5.65 Å². The predicted molar refractivity (Wildman–Crippen MR) is 96.6 cm³/mol. The molecule has 3 aromatic heterocycles. The summed E-state index contributed by atoms with van der Waals surface area (Å²) in [6, 6.07) is 6.92. The number of hydrogen-bond donors (Lipinski definition) is 0. The minimum absolute atomic E-state index is 0.0428. The molecule has 0 saturated carbocycles. The maximum atomic E-state index is 13.1. The molecule has 0 N–H and O–H groups in total. The summed E-state index contributed by atoms with van der Waals surface area (Å²) in [5.41, 5.74) is 1.63. The normalized spacial score (nSPS) is 12.4. The molecule has 0 aliphatic rings. The van der Waals surface area contributed by atoms with E-state index in [-0.39, 0.29) is 10.7 Å². The first kappa shape index (κ1) is 18.1. The second kappa shape index (κ2) is 6.38. The highest BCUT2D eigenvalue weighted by Gasteiger charge is 2.37. The zero-order chi connectivity index (χ0) is 19.3. The van der Waals surface area contributed by atoms with Gasteiger partial charge in [0.2, 0.25) is 0 Å². The Balaban J connectivity index is 2.07. The van der Waals surface area contributed by atoms with Crippen LogP contribution in [0.5, 0.6) is 0 Å². The number of aryl methyl sites for hydroxylation is 1. The van der Waals surface area contributed by atoms with E-state index in [2.05, 4.69) is 15.2 Å². The number of halogens is 5. The molecule has 0 fully saturated rings. The number of pyridine rings is 1. The zero-order valence-electron chi connectivity index (χ0n) is 13.9. The van der Waals surface area contributed by atoms with E-state index in [1.807, 2.05) is 13.0 Å². The fourth-order valence-electron chi connectivity index (χ4n) is 3.03. The maximum absolute atomic E-state index is 13.1. The highest BCUT2D eigenvalue weighted by Crippen LogP contribution is 2.33. The molecule has 0 aliphatic carbocycles. The van der Waals surface area contributed by atoms with Gasteiger partial charge in [0.1, 0.15) is 0 Å². The Morgan fingerprint density at radius 1 is 1.15 bits per heavy atom. The molecule has 0 bridgehead atoms. The van der Waals surface area contributed by atoms with Crippen molar-refractivity contribution in [3.63, 3.8) is 0 Å². The lowest BCUT2D eigenvalue weighted by Gasteiger charge is -2.13. The molecule has 3 heterocycles. The second-order valence-electron chi connectivity index (χ2n) is 5.98. The van der Waals surface area contributed by atoms with E-state index in [9.17, 15) is 13.2 Å². The van der Waals surface area contributed by atoms with Crippen molar-refractivity contribution < 1.29 is 13.2 Å². The van der Waals surface area contributed by atoms with Gasteiger partial charge in [0.25, 0.3) is 5.82 Å². The Morgan fingerprint density at radius 3 is 2.63 bits per heavy atom. The number of nitrogens with zero attached hydrogens (tertiary/aromatic N) is 5. The molecule has 0 aliphatic heterocycles. The lowest BCUT2D eigenvalue weighted by atomic mass is 10.2. The van der Waals surface area contributed by atoms with Gasteiger partial charge >= 0.3 is 6.18 Å². The Bertz CT molecular complexity index is 1160. The van der Waals surface area contributed by atoms with Gasteiger partial charge in [0, 0.05) is 5.39 Å². The molecule has 1 aromatic carbocycles. The topological polar surface area (TPSA) is 48.0 Å². The lowest BCUT2D eigenvalue weighted by Crippen LogP contribution is -2.10. The van der Waals surface area contributed by atoms with Crippen LogP contribution < -0.4 is 0 Å². The Labute approximate surface area is 161 Å². The number of rotatable bonds is 3. The first-order valence-electron chi connectivity index (χ1n) is 8.09. The van der Waals surface area contributed by atoms with Crippen LogP contribution >= 0.6 is 23.2 Å². The number of fused-ring (bicyclic) bond motifs is 2. The van der Waals surface area contributed by atoms with Crippen molar-refractivity contribution in [1.82, 2.24) is 24.4 Å². The quantitative estimate of drug-likeness (QED) is 0.454. The average Bonchev–Trinajstić information content (AvgIpc) is 3.22. The van der Waals surface area contributed by atoms with Gasteiger partial charge in [0.05, 0.1) is 33.1 Å². The SMILES string of the molecule is CCCc1c(-n2ncc3cccc(Cl)c32)cc(Cl)c2nc(C(F)(F)F)nn12. The van der Waals surface area contributed by atoms with Crippen LogP contribution in [0.4, 0.5) is 13.2 Å². The minimum Gasteiger partial charge on any atom is -0.230 e. The van der Waals surface area contributed by atoms with Crippen molar-refractivity contribution >= 4 is 39.8 Å². The summed E-state index contributed by atoms with van der Waals surface area (Å²) in [5.74, 6) is -1.23. The standard InChI is InChI=1S/C17H12Cl2F3N5/c1-2-4-12-13(26-14-9(8-23-26)5-3-6-10(14)18)7-11(19)15-24-16(17(20,21)22)25-27(12)15/h3,5-8H,2,4H2,1H3. The van der Waals surface area contributed by atoms with Crippen molar-refractivity contribution in [2.75, 3.05) is 0 Å². The molecule has 0 saturated heterocycles. The molecule has 4 aromatic rings. The minimum atomic E-state index is -4.67. The van der Waals surface area contributed by atoms with Gasteiger partial charge in [-0.1, -0.05) is 48.7 Å². The summed E-state index contributed by atoms with van der Waals surface area (Å²) in [6.45, 7) is 1.92. The van der Waals surface area contributed by atoms with E-state index < -0.39 is 12.0 Å². The Kier molecular flexibility index (Phi) is 4.27. The van der Waals surface area contributed by atoms with Crippen LogP contribution in [0.2, 0.25) is 10.0 Å². The zero-order valence-corrected chi connectivity index (χ0v) is 15.4. The fourth-order valence-corrected chi connectivity index (χ4v) is 3.51. The van der Waals surface area contributed by atoms with Crippen LogP contribution in [0.25, 0.3) is 22.2 Å². The van der Waals surface area contributed by atoms with Crippen LogP contribution in [0.15, 0.2) is 30.5 Å². The van der Waals surface area contributed by atoms with Gasteiger partial charge in [-0.05, 0) is 18.6 Å². The number of para-hydroxylation sites is 1. The molecule has 10 heteroatoms. The molecule has 27 heavy (non-hydrogen) atoms. The van der Waals surface area contributed by atoms with Crippen molar-refractivity contribution in [2.24, 2.45) is 0 Å². The summed E-state index contributed by atoms with van der Waals surface area (Å²) >= 11 is 12.6. The number of hydrogen-bond acceptors (Lipinski definition) is 3. The van der Waals surface area contributed by atoms with Crippen molar-refractivity contribution in [2.45, 2.75) is 25.9 Å². The molecule has 5 nitrogen and oxygen atoms in total. The van der Waals surface area contributed by atoms with E-state index in [4.69, 9.17) is 23.2 Å². The third-order valence-electron chi connectivity index (χ3n) is 4.15. The molecule has 4 rings (SSSR count). The molecule has 0 spiro atoms. The van der Waals surface area contributed by atoms with Crippen LogP contribution in [-0.4, -0.2) is 24.4 Å². The molecule has 0 unspecified atom stereocenters. The fraction of sp³-hybridized carbons (Fsp3) is 0.235. The first-order valence-corrected chi connectivity index (χ1v) is 8.84. The van der Waals surface area contributed by atoms with E-state index in [1.54, 1.807) is 29.1 Å².